The van der Waals surface area contributed by atoms with Crippen LogP contribution in [0.15, 0.2) is 117 Å². The lowest BCUT2D eigenvalue weighted by Crippen LogP contribution is -2.40. The predicted octanol–water partition coefficient (Wildman–Crippen LogP) is 6.90. The van der Waals surface area contributed by atoms with Crippen molar-refractivity contribution in [1.29, 1.82) is 0 Å². The van der Waals surface area contributed by atoms with Crippen molar-refractivity contribution < 1.29 is 18.1 Å². The van der Waals surface area contributed by atoms with Crippen LogP contribution in [0, 0.1) is 10.1 Å². The van der Waals surface area contributed by atoms with E-state index in [4.69, 9.17) is 0 Å². The minimum atomic E-state index is -4.16. The van der Waals surface area contributed by atoms with Gasteiger partial charge in [0.2, 0.25) is 5.91 Å². The Morgan fingerprint density at radius 2 is 1.38 bits per heavy atom. The number of benzene rings is 4. The van der Waals surface area contributed by atoms with Crippen LogP contribution in [0.25, 0.3) is 0 Å². The monoisotopic (exact) mass is 671 g/mol. The molecular weight excluding hydrogens is 650 g/mol. The van der Waals surface area contributed by atoms with Crippen molar-refractivity contribution in [2.75, 3.05) is 12.4 Å². The fourth-order valence-corrected chi connectivity index (χ4v) is 6.64. The second-order valence-corrected chi connectivity index (χ2v) is 12.4. The van der Waals surface area contributed by atoms with E-state index in [2.05, 4.69) is 37.2 Å². The summed E-state index contributed by atoms with van der Waals surface area (Å²) in [7, 11) is -2.92. The van der Waals surface area contributed by atoms with Crippen LogP contribution >= 0.6 is 31.9 Å². The van der Waals surface area contributed by atoms with Gasteiger partial charge >= 0.3 is 0 Å². The zero-order valence-corrected chi connectivity index (χ0v) is 24.6. The summed E-state index contributed by atoms with van der Waals surface area (Å²) in [6.07, 6.45) is 0. The standard InChI is InChI=1S/C28H23Br2N3O5S/c1-32(39(37,38)25-10-6-3-7-11-25)28(34)26(19-8-4-2-5-9-19)27(20-12-14-24(15-13-20)33(35)36)31-23-17-21(29)16-22(30)18-23/h2-18,26-27,31H,1H3/t26-,27-/m1/s1. The molecule has 4 rings (SSSR count). The van der Waals surface area contributed by atoms with E-state index in [0.29, 0.717) is 16.8 Å². The molecule has 1 amide bonds. The van der Waals surface area contributed by atoms with Crippen LogP contribution in [0.2, 0.25) is 0 Å². The number of carbonyl (C=O) groups is 1. The second-order valence-electron chi connectivity index (χ2n) is 8.64. The van der Waals surface area contributed by atoms with E-state index in [9.17, 15) is 23.3 Å². The van der Waals surface area contributed by atoms with Crippen molar-refractivity contribution >= 4 is 59.2 Å². The average molecular weight is 673 g/mol. The Bertz CT molecular complexity index is 1560. The number of rotatable bonds is 9. The first kappa shape index (κ1) is 28.5. The van der Waals surface area contributed by atoms with Crippen LogP contribution in [0.4, 0.5) is 11.4 Å². The molecule has 0 aliphatic heterocycles. The molecule has 39 heavy (non-hydrogen) atoms. The molecular formula is C28H23Br2N3O5S. The lowest BCUT2D eigenvalue weighted by atomic mass is 9.86. The minimum absolute atomic E-state index is 0.0107. The smallest absolute Gasteiger partial charge is 0.269 e. The first-order chi connectivity index (χ1) is 18.6. The number of hydrogen-bond donors (Lipinski definition) is 1. The summed E-state index contributed by atoms with van der Waals surface area (Å²) in [5, 5.41) is 14.7. The third kappa shape index (κ3) is 6.55. The highest BCUT2D eigenvalue weighted by molar-refractivity contribution is 9.11. The number of anilines is 1. The van der Waals surface area contributed by atoms with Crippen LogP contribution in [0.5, 0.6) is 0 Å². The third-order valence-corrected chi connectivity index (χ3v) is 8.80. The van der Waals surface area contributed by atoms with Crippen LogP contribution in [-0.4, -0.2) is 30.6 Å². The van der Waals surface area contributed by atoms with Gasteiger partial charge in [-0.3, -0.25) is 14.9 Å². The van der Waals surface area contributed by atoms with Gasteiger partial charge in [-0.15, -0.1) is 0 Å². The van der Waals surface area contributed by atoms with E-state index in [1.807, 2.05) is 18.2 Å². The Labute approximate surface area is 243 Å². The molecule has 1 N–H and O–H groups in total. The van der Waals surface area contributed by atoms with Crippen LogP contribution in [0.3, 0.4) is 0 Å². The lowest BCUT2D eigenvalue weighted by Gasteiger charge is -2.32. The normalized spacial score (nSPS) is 12.8. The number of hydrogen-bond acceptors (Lipinski definition) is 6. The van der Waals surface area contributed by atoms with Crippen molar-refractivity contribution in [2.24, 2.45) is 0 Å². The maximum absolute atomic E-state index is 14.2. The maximum atomic E-state index is 14.2. The molecule has 4 aromatic rings. The van der Waals surface area contributed by atoms with Gasteiger partial charge in [0.25, 0.3) is 15.7 Å². The minimum Gasteiger partial charge on any atom is -0.377 e. The molecule has 0 aliphatic carbocycles. The number of nitrogens with one attached hydrogen (secondary N) is 1. The van der Waals surface area contributed by atoms with Crippen LogP contribution in [-0.2, 0) is 14.8 Å². The van der Waals surface area contributed by atoms with E-state index < -0.39 is 32.8 Å². The number of carbonyl (C=O) groups excluding carboxylic acids is 1. The molecule has 0 spiro atoms. The fourth-order valence-electron chi connectivity index (χ4n) is 4.18. The number of amides is 1. The first-order valence-electron chi connectivity index (χ1n) is 11.7. The summed E-state index contributed by atoms with van der Waals surface area (Å²) < 4.78 is 29.2. The Morgan fingerprint density at radius 1 is 0.846 bits per heavy atom. The van der Waals surface area contributed by atoms with Gasteiger partial charge < -0.3 is 5.32 Å². The van der Waals surface area contributed by atoms with Crippen molar-refractivity contribution in [2.45, 2.75) is 16.9 Å². The van der Waals surface area contributed by atoms with Crippen molar-refractivity contribution in [1.82, 2.24) is 4.31 Å². The van der Waals surface area contributed by atoms with E-state index in [1.54, 1.807) is 60.7 Å². The van der Waals surface area contributed by atoms with E-state index >= 15 is 0 Å². The number of non-ortho nitro benzene ring substituents is 1. The second kappa shape index (κ2) is 12.1. The molecule has 0 unspecified atom stereocenters. The Morgan fingerprint density at radius 3 is 1.92 bits per heavy atom. The zero-order valence-electron chi connectivity index (χ0n) is 20.6. The molecule has 0 heterocycles. The highest BCUT2D eigenvalue weighted by Gasteiger charge is 2.38. The van der Waals surface area contributed by atoms with E-state index in [-0.39, 0.29) is 10.6 Å². The molecule has 11 heteroatoms. The Kier molecular flexibility index (Phi) is 8.83. The number of likely N-dealkylation sites (N-methyl/N-ethyl adjacent to an activating group) is 1. The molecule has 2 atom stereocenters. The van der Waals surface area contributed by atoms with Crippen molar-refractivity contribution in [3.63, 3.8) is 0 Å². The van der Waals surface area contributed by atoms with Gasteiger partial charge in [-0.1, -0.05) is 92.5 Å². The molecule has 0 fully saturated rings. The highest BCUT2D eigenvalue weighted by Crippen LogP contribution is 2.38. The number of sulfonamides is 1. The van der Waals surface area contributed by atoms with Crippen LogP contribution in [0.1, 0.15) is 23.1 Å². The molecule has 0 aliphatic rings. The third-order valence-electron chi connectivity index (χ3n) is 6.12. The summed E-state index contributed by atoms with van der Waals surface area (Å²) in [5.41, 5.74) is 1.67. The molecule has 0 bridgehead atoms. The van der Waals surface area contributed by atoms with Gasteiger partial charge in [-0.05, 0) is 41.5 Å². The fraction of sp³-hybridized carbons (Fsp3) is 0.107. The van der Waals surface area contributed by atoms with E-state index in [0.717, 1.165) is 13.3 Å². The maximum Gasteiger partial charge on any atom is 0.269 e. The van der Waals surface area contributed by atoms with Crippen molar-refractivity contribution in [3.05, 3.63) is 133 Å². The average Bonchev–Trinajstić information content (AvgIpc) is 2.92. The summed E-state index contributed by atoms with van der Waals surface area (Å²) in [6.45, 7) is 0. The summed E-state index contributed by atoms with van der Waals surface area (Å²) in [6, 6.07) is 27.1. The Hall–Kier alpha value is -3.54. The van der Waals surface area contributed by atoms with E-state index in [1.165, 1.54) is 31.3 Å². The topological polar surface area (TPSA) is 110 Å². The van der Waals surface area contributed by atoms with Gasteiger partial charge in [-0.2, -0.15) is 0 Å². The molecule has 4 aromatic carbocycles. The molecule has 0 radical (unpaired) electrons. The number of nitro groups is 1. The van der Waals surface area contributed by atoms with Gasteiger partial charge in [0.05, 0.1) is 21.8 Å². The van der Waals surface area contributed by atoms with Crippen LogP contribution < -0.4 is 5.32 Å². The largest absolute Gasteiger partial charge is 0.377 e. The van der Waals surface area contributed by atoms with Crippen molar-refractivity contribution in [3.8, 4) is 0 Å². The Balaban J connectivity index is 1.86. The summed E-state index contributed by atoms with van der Waals surface area (Å²) in [4.78, 5) is 24.9. The van der Waals surface area contributed by atoms with Gasteiger partial charge in [0.1, 0.15) is 0 Å². The summed E-state index contributed by atoms with van der Waals surface area (Å²) in [5.74, 6) is -1.69. The molecule has 8 nitrogen and oxygen atoms in total. The quantitative estimate of drug-likeness (QED) is 0.153. The highest BCUT2D eigenvalue weighted by atomic mass is 79.9. The lowest BCUT2D eigenvalue weighted by molar-refractivity contribution is -0.384. The molecule has 0 saturated carbocycles. The first-order valence-corrected chi connectivity index (χ1v) is 14.7. The molecule has 0 aromatic heterocycles. The van der Waals surface area contributed by atoms with Gasteiger partial charge in [0.15, 0.2) is 0 Å². The number of halogens is 2. The van der Waals surface area contributed by atoms with Gasteiger partial charge in [-0.25, -0.2) is 12.7 Å². The predicted molar refractivity (Wildman–Crippen MR) is 157 cm³/mol. The number of nitro benzene ring substituents is 1. The van der Waals surface area contributed by atoms with Gasteiger partial charge in [0, 0.05) is 33.8 Å². The summed E-state index contributed by atoms with van der Waals surface area (Å²) >= 11 is 6.94. The zero-order chi connectivity index (χ0) is 28.2. The SMILES string of the molecule is CN(C(=O)[C@H](c1ccccc1)[C@H](Nc1cc(Br)cc(Br)c1)c1ccc([N+](=O)[O-])cc1)S(=O)(=O)c1ccccc1. The molecule has 200 valence electrons. The molecule has 0 saturated heterocycles. The number of nitrogens with zero attached hydrogens (tertiary/aromatic N) is 2.